The Morgan fingerprint density at radius 2 is 1.76 bits per heavy atom. The molecule has 6 heteroatoms. The number of alkyl halides is 3. The average Bonchev–Trinajstić information content (AvgIpc) is 2.39. The molecule has 0 radical (unpaired) electrons. The number of aryl methyl sites for hydroxylation is 1. The summed E-state index contributed by atoms with van der Waals surface area (Å²) in [6.07, 6.45) is -5.34. The van der Waals surface area contributed by atoms with Crippen LogP contribution in [0, 0.1) is 10.5 Å². The highest BCUT2D eigenvalue weighted by atomic mass is 127. The Bertz CT molecular complexity index is 670. The third kappa shape index (κ3) is 3.78. The van der Waals surface area contributed by atoms with Crippen LogP contribution in [0.3, 0.4) is 0 Å². The van der Waals surface area contributed by atoms with E-state index >= 15 is 0 Å². The van der Waals surface area contributed by atoms with E-state index in [1.54, 1.807) is 13.0 Å². The number of aliphatic hydroxyl groups is 1. The van der Waals surface area contributed by atoms with Gasteiger partial charge >= 0.3 is 6.18 Å². The summed E-state index contributed by atoms with van der Waals surface area (Å²) in [4.78, 5) is 0. The summed E-state index contributed by atoms with van der Waals surface area (Å²) in [6.45, 7) is 1.57. The molecule has 1 unspecified atom stereocenters. The molecule has 0 fully saturated rings. The zero-order valence-corrected chi connectivity index (χ0v) is 14.6. The van der Waals surface area contributed by atoms with Crippen LogP contribution < -0.4 is 0 Å². The smallest absolute Gasteiger partial charge is 0.384 e. The van der Waals surface area contributed by atoms with Crippen molar-refractivity contribution in [1.82, 2.24) is 0 Å². The molecule has 2 aromatic rings. The number of aliphatic hydroxyl groups excluding tert-OH is 1. The van der Waals surface area contributed by atoms with E-state index < -0.39 is 17.8 Å². The molecule has 112 valence electrons. The third-order valence-corrected chi connectivity index (χ3v) is 4.62. The van der Waals surface area contributed by atoms with Gasteiger partial charge in [0.05, 0.1) is 5.56 Å². The Kier molecular flexibility index (Phi) is 4.99. The minimum atomic E-state index is -4.38. The molecule has 21 heavy (non-hydrogen) atoms. The highest BCUT2D eigenvalue weighted by Gasteiger charge is 2.31. The first kappa shape index (κ1) is 16.8. The van der Waals surface area contributed by atoms with Crippen molar-refractivity contribution in [3.63, 3.8) is 0 Å². The number of halogens is 5. The predicted molar refractivity (Wildman–Crippen MR) is 87.1 cm³/mol. The largest absolute Gasteiger partial charge is 0.416 e. The van der Waals surface area contributed by atoms with E-state index in [1.807, 2.05) is 12.1 Å². The molecule has 1 atom stereocenters. The molecule has 0 aliphatic carbocycles. The van der Waals surface area contributed by atoms with Crippen molar-refractivity contribution < 1.29 is 18.3 Å². The van der Waals surface area contributed by atoms with Gasteiger partial charge in [-0.25, -0.2) is 0 Å². The zero-order valence-electron chi connectivity index (χ0n) is 10.9. The first-order valence-electron chi connectivity index (χ1n) is 6.01. The fourth-order valence-corrected chi connectivity index (χ4v) is 3.06. The second-order valence-corrected chi connectivity index (χ2v) is 6.72. The number of hydrogen-bond donors (Lipinski definition) is 1. The lowest BCUT2D eigenvalue weighted by Crippen LogP contribution is -2.09. The normalized spacial score (nSPS) is 13.3. The van der Waals surface area contributed by atoms with Gasteiger partial charge in [0, 0.05) is 8.04 Å². The lowest BCUT2D eigenvalue weighted by Gasteiger charge is -2.17. The van der Waals surface area contributed by atoms with Crippen LogP contribution >= 0.6 is 38.5 Å². The molecule has 0 aliphatic heterocycles. The number of benzene rings is 2. The molecule has 2 aromatic carbocycles. The number of hydrogen-bond acceptors (Lipinski definition) is 1. The Morgan fingerprint density at radius 1 is 1.10 bits per heavy atom. The molecule has 0 amide bonds. The quantitative estimate of drug-likeness (QED) is 0.577. The van der Waals surface area contributed by atoms with Gasteiger partial charge < -0.3 is 5.11 Å². The maximum absolute atomic E-state index is 12.7. The van der Waals surface area contributed by atoms with Crippen LogP contribution in [-0.4, -0.2) is 5.11 Å². The minimum absolute atomic E-state index is 0.410. The average molecular weight is 471 g/mol. The monoisotopic (exact) mass is 470 g/mol. The van der Waals surface area contributed by atoms with Crippen molar-refractivity contribution in [2.75, 3.05) is 0 Å². The Balaban J connectivity index is 2.44. The maximum atomic E-state index is 12.7. The summed E-state index contributed by atoms with van der Waals surface area (Å²) in [5.74, 6) is 0. The van der Waals surface area contributed by atoms with Crippen molar-refractivity contribution in [3.05, 3.63) is 66.7 Å². The minimum Gasteiger partial charge on any atom is -0.384 e. The van der Waals surface area contributed by atoms with Crippen LogP contribution in [0.1, 0.15) is 28.4 Å². The highest BCUT2D eigenvalue weighted by molar-refractivity contribution is 14.1. The van der Waals surface area contributed by atoms with E-state index in [4.69, 9.17) is 0 Å². The molecule has 0 aliphatic rings. The molecule has 0 saturated heterocycles. The summed E-state index contributed by atoms with van der Waals surface area (Å²) in [6, 6.07) is 8.84. The summed E-state index contributed by atoms with van der Waals surface area (Å²) in [7, 11) is 0. The lowest BCUT2D eigenvalue weighted by atomic mass is 9.96. The van der Waals surface area contributed by atoms with Crippen molar-refractivity contribution in [2.45, 2.75) is 19.2 Å². The van der Waals surface area contributed by atoms with Gasteiger partial charge in [-0.05, 0) is 76.5 Å². The first-order chi connectivity index (χ1) is 9.70. The Labute approximate surface area is 142 Å². The molecule has 0 bridgehead atoms. The SMILES string of the molecule is Cc1cc(C(F)(F)F)ccc1C(O)c1cc(Br)ccc1I. The zero-order chi connectivity index (χ0) is 15.8. The van der Waals surface area contributed by atoms with Crippen LogP contribution in [0.4, 0.5) is 13.2 Å². The van der Waals surface area contributed by atoms with Crippen molar-refractivity contribution >= 4 is 38.5 Å². The topological polar surface area (TPSA) is 20.2 Å². The van der Waals surface area contributed by atoms with E-state index in [9.17, 15) is 18.3 Å². The molecule has 1 nitrogen and oxygen atoms in total. The van der Waals surface area contributed by atoms with E-state index in [0.29, 0.717) is 16.7 Å². The maximum Gasteiger partial charge on any atom is 0.416 e. The molecule has 0 heterocycles. The van der Waals surface area contributed by atoms with Crippen molar-refractivity contribution in [3.8, 4) is 0 Å². The van der Waals surface area contributed by atoms with Crippen LogP contribution in [-0.2, 0) is 6.18 Å². The number of rotatable bonds is 2. The van der Waals surface area contributed by atoms with Gasteiger partial charge in [0.1, 0.15) is 6.10 Å². The van der Waals surface area contributed by atoms with Gasteiger partial charge in [0.15, 0.2) is 0 Å². The lowest BCUT2D eigenvalue weighted by molar-refractivity contribution is -0.137. The van der Waals surface area contributed by atoms with Gasteiger partial charge in [-0.2, -0.15) is 13.2 Å². The Morgan fingerprint density at radius 3 is 2.33 bits per heavy atom. The fraction of sp³-hybridized carbons (Fsp3) is 0.200. The van der Waals surface area contributed by atoms with Gasteiger partial charge in [-0.15, -0.1) is 0 Å². The summed E-state index contributed by atoms with van der Waals surface area (Å²) >= 11 is 5.42. The molecule has 1 N–H and O–H groups in total. The van der Waals surface area contributed by atoms with E-state index in [0.717, 1.165) is 20.2 Å². The molecule has 0 saturated carbocycles. The van der Waals surface area contributed by atoms with Crippen LogP contribution in [0.5, 0.6) is 0 Å². The molecular formula is C15H11BrF3IO. The third-order valence-electron chi connectivity index (χ3n) is 3.14. The van der Waals surface area contributed by atoms with Crippen LogP contribution in [0.25, 0.3) is 0 Å². The molecular weight excluding hydrogens is 460 g/mol. The fourth-order valence-electron chi connectivity index (χ4n) is 2.05. The van der Waals surface area contributed by atoms with Crippen LogP contribution in [0.2, 0.25) is 0 Å². The van der Waals surface area contributed by atoms with Gasteiger partial charge in [0.25, 0.3) is 0 Å². The second kappa shape index (κ2) is 6.26. The van der Waals surface area contributed by atoms with Crippen molar-refractivity contribution in [1.29, 1.82) is 0 Å². The van der Waals surface area contributed by atoms with E-state index in [1.165, 1.54) is 6.07 Å². The highest BCUT2D eigenvalue weighted by Crippen LogP contribution is 2.34. The summed E-state index contributed by atoms with van der Waals surface area (Å²) in [5.41, 5.74) is 0.833. The van der Waals surface area contributed by atoms with Crippen LogP contribution in [0.15, 0.2) is 40.9 Å². The van der Waals surface area contributed by atoms with Crippen molar-refractivity contribution in [2.24, 2.45) is 0 Å². The second-order valence-electron chi connectivity index (χ2n) is 4.64. The summed E-state index contributed by atoms with van der Waals surface area (Å²) < 4.78 is 39.7. The van der Waals surface area contributed by atoms with Gasteiger partial charge in [0.2, 0.25) is 0 Å². The molecule has 2 rings (SSSR count). The predicted octanol–water partition coefficient (Wildman–Crippen LogP) is 5.46. The first-order valence-corrected chi connectivity index (χ1v) is 7.88. The summed E-state index contributed by atoms with van der Waals surface area (Å²) in [5, 5.41) is 10.5. The molecule has 0 aromatic heterocycles. The van der Waals surface area contributed by atoms with E-state index in [-0.39, 0.29) is 0 Å². The Hall–Kier alpha value is -0.600. The van der Waals surface area contributed by atoms with Gasteiger partial charge in [-0.1, -0.05) is 22.0 Å². The van der Waals surface area contributed by atoms with E-state index in [2.05, 4.69) is 38.5 Å². The van der Waals surface area contributed by atoms with Gasteiger partial charge in [-0.3, -0.25) is 0 Å². The standard InChI is InChI=1S/C15H11BrF3IO/c1-8-6-9(15(17,18)19)2-4-11(8)14(21)12-7-10(16)3-5-13(12)20/h2-7,14,21H,1H3. The molecule has 0 spiro atoms.